The zero-order valence-electron chi connectivity index (χ0n) is 16.8. The molecule has 1 aromatic heterocycles. The molecule has 0 bridgehead atoms. The average molecular weight is 493 g/mol. The summed E-state index contributed by atoms with van der Waals surface area (Å²) >= 11 is 3.39. The van der Waals surface area contributed by atoms with E-state index in [2.05, 4.69) is 36.5 Å². The quantitative estimate of drug-likeness (QED) is 0.284. The molecular formula is C23H17BrN4O4. The Kier molecular flexibility index (Phi) is 5.74. The third kappa shape index (κ3) is 4.37. The van der Waals surface area contributed by atoms with Crippen LogP contribution in [0.15, 0.2) is 65.1 Å². The van der Waals surface area contributed by atoms with Gasteiger partial charge >= 0.3 is 6.09 Å². The second kappa shape index (κ2) is 8.64. The first kappa shape index (κ1) is 21.3. The van der Waals surface area contributed by atoms with Gasteiger partial charge in [0.2, 0.25) is 5.95 Å². The first-order valence-electron chi connectivity index (χ1n) is 9.53. The van der Waals surface area contributed by atoms with Gasteiger partial charge in [0.25, 0.3) is 5.91 Å². The van der Waals surface area contributed by atoms with Crippen LogP contribution in [-0.4, -0.2) is 32.9 Å². The molecule has 9 heteroatoms. The molecule has 0 aliphatic carbocycles. The van der Waals surface area contributed by atoms with Crippen LogP contribution < -0.4 is 10.6 Å². The van der Waals surface area contributed by atoms with Gasteiger partial charge < -0.3 is 15.4 Å². The first-order chi connectivity index (χ1) is 15.3. The van der Waals surface area contributed by atoms with Crippen LogP contribution in [0.4, 0.5) is 16.4 Å². The Labute approximate surface area is 190 Å². The molecule has 0 aliphatic heterocycles. The molecule has 32 heavy (non-hydrogen) atoms. The Morgan fingerprint density at radius 3 is 2.47 bits per heavy atom. The van der Waals surface area contributed by atoms with Gasteiger partial charge in [-0.1, -0.05) is 40.2 Å². The molecule has 4 N–H and O–H groups in total. The number of nitrogens with one attached hydrogen (secondary N) is 3. The Morgan fingerprint density at radius 1 is 0.969 bits per heavy atom. The number of carbonyl (C=O) groups is 3. The van der Waals surface area contributed by atoms with E-state index in [0.29, 0.717) is 22.3 Å². The van der Waals surface area contributed by atoms with E-state index in [9.17, 15) is 14.4 Å². The molecular weight excluding hydrogens is 476 g/mol. The molecule has 0 aliphatic rings. The van der Waals surface area contributed by atoms with E-state index in [1.54, 1.807) is 48.5 Å². The van der Waals surface area contributed by atoms with Crippen molar-refractivity contribution in [2.75, 3.05) is 10.6 Å². The standard InChI is InChI=1S/C23H17BrN4O4/c1-12-6-8-14(24)11-18(12)25-21(30)16-5-3-2-4-15(16)20(29)13-7-9-17-19(10-13)27-22(26-17)28-23(31)32/h2-11H,1H3,(H,25,30)(H,31,32)(H2,26,27,28). The fourth-order valence-electron chi connectivity index (χ4n) is 3.26. The number of nitrogens with zero attached hydrogens (tertiary/aromatic N) is 1. The van der Waals surface area contributed by atoms with Crippen LogP contribution in [0.1, 0.15) is 31.8 Å². The minimum atomic E-state index is -1.25. The Hall–Kier alpha value is -3.98. The number of halogens is 1. The number of rotatable bonds is 5. The molecule has 4 aromatic rings. The van der Waals surface area contributed by atoms with Gasteiger partial charge in [-0.2, -0.15) is 0 Å². The number of carboxylic acid groups (broad SMARTS) is 1. The van der Waals surface area contributed by atoms with E-state index in [-0.39, 0.29) is 22.9 Å². The molecule has 160 valence electrons. The molecule has 4 rings (SSSR count). The van der Waals surface area contributed by atoms with Crippen LogP contribution in [-0.2, 0) is 0 Å². The van der Waals surface area contributed by atoms with E-state index in [1.807, 2.05) is 19.1 Å². The molecule has 0 saturated heterocycles. The van der Waals surface area contributed by atoms with Crippen molar-refractivity contribution in [3.8, 4) is 0 Å². The third-order valence-corrected chi connectivity index (χ3v) is 5.33. The van der Waals surface area contributed by atoms with Crippen molar-refractivity contribution in [2.45, 2.75) is 6.92 Å². The van der Waals surface area contributed by atoms with E-state index in [1.165, 1.54) is 0 Å². The molecule has 8 nitrogen and oxygen atoms in total. The predicted octanol–water partition coefficient (Wildman–Crippen LogP) is 5.21. The largest absolute Gasteiger partial charge is 0.465 e. The zero-order chi connectivity index (χ0) is 22.8. The fraction of sp³-hybridized carbons (Fsp3) is 0.0435. The second-order valence-corrected chi connectivity index (χ2v) is 7.95. The number of H-pyrrole nitrogens is 1. The molecule has 1 heterocycles. The van der Waals surface area contributed by atoms with Crippen molar-refractivity contribution in [1.82, 2.24) is 9.97 Å². The van der Waals surface area contributed by atoms with Crippen LogP contribution >= 0.6 is 15.9 Å². The van der Waals surface area contributed by atoms with Crippen LogP contribution in [0.2, 0.25) is 0 Å². The molecule has 0 saturated carbocycles. The maximum Gasteiger partial charge on any atom is 0.411 e. The van der Waals surface area contributed by atoms with E-state index in [0.717, 1.165) is 10.0 Å². The number of aromatic amines is 1. The lowest BCUT2D eigenvalue weighted by Gasteiger charge is -2.12. The normalized spacial score (nSPS) is 10.7. The summed E-state index contributed by atoms with van der Waals surface area (Å²) in [6.45, 7) is 1.88. The first-order valence-corrected chi connectivity index (χ1v) is 10.3. The summed E-state index contributed by atoms with van der Waals surface area (Å²) in [4.78, 5) is 44.0. The number of fused-ring (bicyclic) bond motifs is 1. The van der Waals surface area contributed by atoms with E-state index >= 15 is 0 Å². The molecule has 3 aromatic carbocycles. The number of amides is 2. The van der Waals surface area contributed by atoms with Crippen molar-refractivity contribution in [3.63, 3.8) is 0 Å². The van der Waals surface area contributed by atoms with Crippen LogP contribution in [0.5, 0.6) is 0 Å². The molecule has 0 fully saturated rings. The highest BCUT2D eigenvalue weighted by atomic mass is 79.9. The highest BCUT2D eigenvalue weighted by Gasteiger charge is 2.19. The van der Waals surface area contributed by atoms with E-state index < -0.39 is 12.0 Å². The van der Waals surface area contributed by atoms with Gasteiger partial charge in [-0.05, 0) is 48.9 Å². The fourth-order valence-corrected chi connectivity index (χ4v) is 3.63. The summed E-state index contributed by atoms with van der Waals surface area (Å²) < 4.78 is 0.826. The van der Waals surface area contributed by atoms with Crippen molar-refractivity contribution in [1.29, 1.82) is 0 Å². The number of imidazole rings is 1. The van der Waals surface area contributed by atoms with Crippen molar-refractivity contribution < 1.29 is 19.5 Å². The van der Waals surface area contributed by atoms with Gasteiger partial charge in [0.15, 0.2) is 5.78 Å². The number of aryl methyl sites for hydroxylation is 1. The lowest BCUT2D eigenvalue weighted by Crippen LogP contribution is -2.17. The monoisotopic (exact) mass is 492 g/mol. The lowest BCUT2D eigenvalue weighted by molar-refractivity contribution is 0.0996. The second-order valence-electron chi connectivity index (χ2n) is 7.04. The molecule has 0 spiro atoms. The summed E-state index contributed by atoms with van der Waals surface area (Å²) in [5, 5.41) is 13.8. The summed E-state index contributed by atoms with van der Waals surface area (Å²) in [5.74, 6) is -0.682. The summed E-state index contributed by atoms with van der Waals surface area (Å²) in [6, 6.07) is 16.9. The maximum absolute atomic E-state index is 13.2. The highest BCUT2D eigenvalue weighted by Crippen LogP contribution is 2.24. The number of ketones is 1. The highest BCUT2D eigenvalue weighted by molar-refractivity contribution is 9.10. The summed E-state index contributed by atoms with van der Waals surface area (Å²) in [7, 11) is 0. The zero-order valence-corrected chi connectivity index (χ0v) is 18.4. The average Bonchev–Trinajstić information content (AvgIpc) is 3.16. The molecule has 0 unspecified atom stereocenters. The predicted molar refractivity (Wildman–Crippen MR) is 124 cm³/mol. The number of aromatic nitrogens is 2. The number of carbonyl (C=O) groups excluding carboxylic acids is 2. The number of hydrogen-bond acceptors (Lipinski definition) is 4. The van der Waals surface area contributed by atoms with Crippen LogP contribution in [0.25, 0.3) is 11.0 Å². The summed E-state index contributed by atoms with van der Waals surface area (Å²) in [6.07, 6.45) is -1.25. The number of hydrogen-bond donors (Lipinski definition) is 4. The number of benzene rings is 3. The molecule has 0 atom stereocenters. The van der Waals surface area contributed by atoms with Gasteiger partial charge in [-0.25, -0.2) is 9.78 Å². The van der Waals surface area contributed by atoms with Crippen molar-refractivity contribution >= 4 is 56.4 Å². The summed E-state index contributed by atoms with van der Waals surface area (Å²) in [5.41, 5.74) is 3.36. The smallest absolute Gasteiger partial charge is 0.411 e. The molecule has 0 radical (unpaired) electrons. The van der Waals surface area contributed by atoms with Gasteiger partial charge in [-0.15, -0.1) is 0 Å². The minimum Gasteiger partial charge on any atom is -0.465 e. The number of anilines is 2. The van der Waals surface area contributed by atoms with Crippen LogP contribution in [0.3, 0.4) is 0 Å². The Balaban J connectivity index is 1.65. The van der Waals surface area contributed by atoms with Gasteiger partial charge in [0, 0.05) is 21.3 Å². The van der Waals surface area contributed by atoms with Crippen molar-refractivity contribution in [3.05, 3.63) is 87.4 Å². The molecule has 2 amide bonds. The Bertz CT molecular complexity index is 1380. The SMILES string of the molecule is Cc1ccc(Br)cc1NC(=O)c1ccccc1C(=O)c1ccc2nc(NC(=O)O)[nH]c2c1. The maximum atomic E-state index is 13.2. The van der Waals surface area contributed by atoms with Crippen molar-refractivity contribution in [2.24, 2.45) is 0 Å². The van der Waals surface area contributed by atoms with Gasteiger partial charge in [0.1, 0.15) is 0 Å². The van der Waals surface area contributed by atoms with Gasteiger partial charge in [0.05, 0.1) is 16.6 Å². The topological polar surface area (TPSA) is 124 Å². The third-order valence-electron chi connectivity index (χ3n) is 4.83. The van der Waals surface area contributed by atoms with Gasteiger partial charge in [-0.3, -0.25) is 14.9 Å². The lowest BCUT2D eigenvalue weighted by atomic mass is 9.97. The van der Waals surface area contributed by atoms with Crippen LogP contribution in [0, 0.1) is 6.92 Å². The minimum absolute atomic E-state index is 0.0567. The Morgan fingerprint density at radius 2 is 1.72 bits per heavy atom. The van der Waals surface area contributed by atoms with E-state index in [4.69, 9.17) is 5.11 Å².